The van der Waals surface area contributed by atoms with Crippen LogP contribution in [0.15, 0.2) is 83.9 Å². The average molecular weight is 474 g/mol. The molecule has 174 valence electrons. The molecule has 1 N–H and O–H groups in total. The summed E-state index contributed by atoms with van der Waals surface area (Å²) in [6.45, 7) is 4.37. The molecule has 3 aromatic carbocycles. The van der Waals surface area contributed by atoms with Crippen LogP contribution in [0.3, 0.4) is 0 Å². The van der Waals surface area contributed by atoms with E-state index in [1.807, 2.05) is 80.6 Å². The number of hydrogen-bond acceptors (Lipinski definition) is 3. The van der Waals surface area contributed by atoms with Gasteiger partial charge in [-0.05, 0) is 29.7 Å². The summed E-state index contributed by atoms with van der Waals surface area (Å²) in [7, 11) is 0. The average Bonchev–Trinajstić information content (AvgIpc) is 2.98. The lowest BCUT2D eigenvalue weighted by molar-refractivity contribution is -0.125. The molecule has 2 atom stereocenters. The molecule has 5 nitrogen and oxygen atoms in total. The van der Waals surface area contributed by atoms with Crippen LogP contribution in [0.1, 0.15) is 37.0 Å². The zero-order chi connectivity index (χ0) is 24.1. The van der Waals surface area contributed by atoms with Crippen molar-refractivity contribution >= 4 is 34.8 Å². The Balaban J connectivity index is 1.72. The monoisotopic (exact) mass is 473 g/mol. The molecule has 2 amide bonds. The van der Waals surface area contributed by atoms with Gasteiger partial charge in [-0.15, -0.1) is 0 Å². The van der Waals surface area contributed by atoms with Gasteiger partial charge in [0.15, 0.2) is 0 Å². The highest BCUT2D eigenvalue weighted by Crippen LogP contribution is 2.32. The van der Waals surface area contributed by atoms with E-state index in [0.717, 1.165) is 23.1 Å². The molecule has 0 saturated carbocycles. The summed E-state index contributed by atoms with van der Waals surface area (Å²) in [6, 6.07) is 24.3. The van der Waals surface area contributed by atoms with Crippen LogP contribution in [-0.4, -0.2) is 30.1 Å². The van der Waals surface area contributed by atoms with E-state index in [0.29, 0.717) is 23.0 Å². The van der Waals surface area contributed by atoms with E-state index in [-0.39, 0.29) is 24.3 Å². The van der Waals surface area contributed by atoms with E-state index in [1.165, 1.54) is 0 Å². The smallest absolute Gasteiger partial charge is 0.252 e. The molecule has 0 fully saturated rings. The Labute approximate surface area is 205 Å². The maximum absolute atomic E-state index is 13.8. The zero-order valence-corrected chi connectivity index (χ0v) is 20.1. The standard InChI is InChI=1S/C28H28ClN3O2/c1-3-19(2)26-28(34)32(18-25(33)30-17-20-10-6-4-7-11-20)24-15-14-22(29)16-23(24)27(31-26)21-12-8-5-9-13-21/h4-16,19,26H,3,17-18H2,1-2H3,(H,30,33). The maximum Gasteiger partial charge on any atom is 0.252 e. The molecule has 0 spiro atoms. The summed E-state index contributed by atoms with van der Waals surface area (Å²) in [6.07, 6.45) is 0.785. The molecule has 1 aliphatic rings. The Morgan fingerprint density at radius 1 is 1.06 bits per heavy atom. The highest BCUT2D eigenvalue weighted by molar-refractivity contribution is 6.32. The van der Waals surface area contributed by atoms with Gasteiger partial charge < -0.3 is 10.2 Å². The van der Waals surface area contributed by atoms with E-state index in [2.05, 4.69) is 5.32 Å². The van der Waals surface area contributed by atoms with Gasteiger partial charge in [-0.1, -0.05) is 92.5 Å². The molecule has 4 rings (SSSR count). The van der Waals surface area contributed by atoms with Crippen molar-refractivity contribution in [3.63, 3.8) is 0 Å². The lowest BCUT2D eigenvalue weighted by atomic mass is 9.98. The second kappa shape index (κ2) is 10.7. The number of anilines is 1. The third-order valence-electron chi connectivity index (χ3n) is 6.16. The SMILES string of the molecule is CCC(C)C1N=C(c2ccccc2)c2cc(Cl)ccc2N(CC(=O)NCc2ccccc2)C1=O. The first kappa shape index (κ1) is 23.7. The molecule has 6 heteroatoms. The number of hydrogen-bond donors (Lipinski definition) is 1. The number of aliphatic imine (C=N–C) groups is 1. The molecule has 0 bridgehead atoms. The minimum absolute atomic E-state index is 0.00544. The Morgan fingerprint density at radius 2 is 1.74 bits per heavy atom. The van der Waals surface area contributed by atoms with Crippen LogP contribution in [0.25, 0.3) is 0 Å². The van der Waals surface area contributed by atoms with Crippen molar-refractivity contribution in [3.05, 3.63) is 101 Å². The third kappa shape index (κ3) is 5.20. The van der Waals surface area contributed by atoms with Gasteiger partial charge in [0.2, 0.25) is 5.91 Å². The van der Waals surface area contributed by atoms with Gasteiger partial charge in [0.05, 0.1) is 11.4 Å². The predicted molar refractivity (Wildman–Crippen MR) is 137 cm³/mol. The van der Waals surface area contributed by atoms with Gasteiger partial charge >= 0.3 is 0 Å². The molecule has 34 heavy (non-hydrogen) atoms. The fourth-order valence-corrected chi connectivity index (χ4v) is 4.23. The molecular formula is C28H28ClN3O2. The molecule has 0 radical (unpaired) electrons. The molecular weight excluding hydrogens is 446 g/mol. The number of amides is 2. The largest absolute Gasteiger partial charge is 0.350 e. The van der Waals surface area contributed by atoms with Crippen molar-refractivity contribution in [2.24, 2.45) is 10.9 Å². The Kier molecular flexibility index (Phi) is 7.43. The van der Waals surface area contributed by atoms with Crippen molar-refractivity contribution in [2.45, 2.75) is 32.9 Å². The van der Waals surface area contributed by atoms with Gasteiger partial charge in [0, 0.05) is 22.7 Å². The summed E-state index contributed by atoms with van der Waals surface area (Å²) >= 11 is 6.38. The fraction of sp³-hybridized carbons (Fsp3) is 0.250. The Hall–Kier alpha value is -3.44. The minimum atomic E-state index is -0.603. The molecule has 0 saturated heterocycles. The van der Waals surface area contributed by atoms with Crippen LogP contribution in [0.5, 0.6) is 0 Å². The minimum Gasteiger partial charge on any atom is -0.350 e. The number of nitrogens with one attached hydrogen (secondary N) is 1. The van der Waals surface area contributed by atoms with Crippen LogP contribution in [0, 0.1) is 5.92 Å². The Morgan fingerprint density at radius 3 is 2.41 bits per heavy atom. The topological polar surface area (TPSA) is 61.8 Å². The Bertz CT molecular complexity index is 1190. The summed E-state index contributed by atoms with van der Waals surface area (Å²) in [5.41, 5.74) is 4.00. The number of rotatable bonds is 7. The molecule has 1 aliphatic heterocycles. The van der Waals surface area contributed by atoms with E-state index in [9.17, 15) is 9.59 Å². The number of nitrogens with zero attached hydrogens (tertiary/aromatic N) is 2. The van der Waals surface area contributed by atoms with Crippen LogP contribution in [-0.2, 0) is 16.1 Å². The second-order valence-electron chi connectivity index (χ2n) is 8.52. The number of carbonyl (C=O) groups excluding carboxylic acids is 2. The van der Waals surface area contributed by atoms with Gasteiger partial charge in [-0.2, -0.15) is 0 Å². The predicted octanol–water partition coefficient (Wildman–Crippen LogP) is 5.26. The first-order chi connectivity index (χ1) is 16.5. The van der Waals surface area contributed by atoms with Gasteiger partial charge in [0.1, 0.15) is 12.6 Å². The third-order valence-corrected chi connectivity index (χ3v) is 6.39. The number of fused-ring (bicyclic) bond motifs is 1. The van der Waals surface area contributed by atoms with Gasteiger partial charge in [-0.3, -0.25) is 14.6 Å². The number of benzene rings is 3. The van der Waals surface area contributed by atoms with E-state index >= 15 is 0 Å². The van der Waals surface area contributed by atoms with Crippen LogP contribution in [0.4, 0.5) is 5.69 Å². The lowest BCUT2D eigenvalue weighted by Gasteiger charge is -2.26. The molecule has 0 aliphatic carbocycles. The van der Waals surface area contributed by atoms with Crippen LogP contribution >= 0.6 is 11.6 Å². The second-order valence-corrected chi connectivity index (χ2v) is 8.96. The summed E-state index contributed by atoms with van der Waals surface area (Å²) in [5, 5.41) is 3.48. The first-order valence-electron chi connectivity index (χ1n) is 11.5. The molecule has 0 aromatic heterocycles. The number of halogens is 1. The summed E-state index contributed by atoms with van der Waals surface area (Å²) in [5.74, 6) is -0.409. The van der Waals surface area contributed by atoms with Crippen molar-refractivity contribution in [1.29, 1.82) is 0 Å². The normalized spacial score (nSPS) is 16.3. The number of carbonyl (C=O) groups is 2. The highest BCUT2D eigenvalue weighted by Gasteiger charge is 2.35. The first-order valence-corrected chi connectivity index (χ1v) is 11.9. The lowest BCUT2D eigenvalue weighted by Crippen LogP contribution is -2.46. The molecule has 3 aromatic rings. The molecule has 1 heterocycles. The van der Waals surface area contributed by atoms with Crippen molar-refractivity contribution in [1.82, 2.24) is 5.32 Å². The van der Waals surface area contributed by atoms with Crippen molar-refractivity contribution in [2.75, 3.05) is 11.4 Å². The van der Waals surface area contributed by atoms with Crippen molar-refractivity contribution in [3.8, 4) is 0 Å². The van der Waals surface area contributed by atoms with E-state index in [4.69, 9.17) is 16.6 Å². The number of benzodiazepines with no additional fused rings is 1. The zero-order valence-electron chi connectivity index (χ0n) is 19.4. The van der Waals surface area contributed by atoms with Crippen molar-refractivity contribution < 1.29 is 9.59 Å². The van der Waals surface area contributed by atoms with Gasteiger partial charge in [0.25, 0.3) is 5.91 Å². The fourth-order valence-electron chi connectivity index (χ4n) is 4.05. The van der Waals surface area contributed by atoms with Crippen LogP contribution in [0.2, 0.25) is 5.02 Å². The van der Waals surface area contributed by atoms with Gasteiger partial charge in [-0.25, -0.2) is 0 Å². The van der Waals surface area contributed by atoms with Crippen LogP contribution < -0.4 is 10.2 Å². The van der Waals surface area contributed by atoms with E-state index < -0.39 is 6.04 Å². The quantitative estimate of drug-likeness (QED) is 0.509. The molecule has 2 unspecified atom stereocenters. The summed E-state index contributed by atoms with van der Waals surface area (Å²) in [4.78, 5) is 33.3. The highest BCUT2D eigenvalue weighted by atomic mass is 35.5. The maximum atomic E-state index is 13.8. The summed E-state index contributed by atoms with van der Waals surface area (Å²) < 4.78 is 0. The van der Waals surface area contributed by atoms with E-state index in [1.54, 1.807) is 17.0 Å².